The summed E-state index contributed by atoms with van der Waals surface area (Å²) in [5.74, 6) is 0.240. The van der Waals surface area contributed by atoms with E-state index in [1.54, 1.807) is 0 Å². The van der Waals surface area contributed by atoms with Gasteiger partial charge in [0.25, 0.3) is 5.88 Å². The summed E-state index contributed by atoms with van der Waals surface area (Å²) in [4.78, 5) is 19.1. The first-order chi connectivity index (χ1) is 12.1. The Morgan fingerprint density at radius 1 is 1.20 bits per heavy atom. The first-order valence-corrected chi connectivity index (χ1v) is 8.59. The molecule has 7 nitrogen and oxygen atoms in total. The number of hydrogen-bond acceptors (Lipinski definition) is 6. The molecule has 0 spiro atoms. The molecule has 7 heteroatoms. The van der Waals surface area contributed by atoms with Crippen LogP contribution in [0.3, 0.4) is 0 Å². The minimum Gasteiger partial charge on any atom is -0.469 e. The molecule has 0 radical (unpaired) electrons. The Labute approximate surface area is 146 Å². The number of nitrogens with zero attached hydrogens (tertiary/aromatic N) is 3. The summed E-state index contributed by atoms with van der Waals surface area (Å²) in [6.45, 7) is 2.46. The van der Waals surface area contributed by atoms with Crippen molar-refractivity contribution in [3.63, 3.8) is 0 Å². The molecule has 1 aromatic heterocycles. The Hall–Kier alpha value is -2.70. The van der Waals surface area contributed by atoms with Crippen LogP contribution >= 0.6 is 0 Å². The van der Waals surface area contributed by atoms with Gasteiger partial charge in [0.05, 0.1) is 4.92 Å². The molecule has 25 heavy (non-hydrogen) atoms. The Bertz CT molecular complexity index is 728. The Kier molecular flexibility index (Phi) is 5.42. The van der Waals surface area contributed by atoms with Crippen LogP contribution in [0.4, 0.5) is 11.5 Å². The quantitative estimate of drug-likeness (QED) is 0.630. The minimum atomic E-state index is -0.477. The number of benzene rings is 1. The summed E-state index contributed by atoms with van der Waals surface area (Å²) < 4.78 is 5.82. The van der Waals surface area contributed by atoms with E-state index in [1.165, 1.54) is 18.3 Å². The fourth-order valence-corrected chi connectivity index (χ4v) is 2.98. The smallest absolute Gasteiger partial charge is 0.372 e. The van der Waals surface area contributed by atoms with Crippen LogP contribution in [0.15, 0.2) is 30.6 Å². The van der Waals surface area contributed by atoms with Crippen LogP contribution in [0.1, 0.15) is 43.2 Å². The Morgan fingerprint density at radius 3 is 2.60 bits per heavy atom. The van der Waals surface area contributed by atoms with Crippen molar-refractivity contribution < 1.29 is 9.66 Å². The standard InChI is InChI=1S/C18H22N4O3/c1-13-7-9-14(10-8-13)11-19-17-16(22(23)24)18(21-12-20-17)25-15-5-3-2-4-6-15/h7-10,12,15H,2-6,11H2,1H3,(H,19,20,21). The van der Waals surface area contributed by atoms with Gasteiger partial charge in [0.15, 0.2) is 0 Å². The topological polar surface area (TPSA) is 90.2 Å². The van der Waals surface area contributed by atoms with Gasteiger partial charge >= 0.3 is 5.69 Å². The average molecular weight is 342 g/mol. The van der Waals surface area contributed by atoms with Crippen LogP contribution in [0.5, 0.6) is 5.88 Å². The van der Waals surface area contributed by atoms with E-state index in [4.69, 9.17) is 4.74 Å². The van der Waals surface area contributed by atoms with E-state index in [2.05, 4.69) is 15.3 Å². The largest absolute Gasteiger partial charge is 0.469 e. The third-order valence-corrected chi connectivity index (χ3v) is 4.38. The molecule has 132 valence electrons. The molecule has 1 heterocycles. The van der Waals surface area contributed by atoms with Gasteiger partial charge < -0.3 is 10.1 Å². The van der Waals surface area contributed by atoms with Crippen LogP contribution in [-0.4, -0.2) is 21.0 Å². The van der Waals surface area contributed by atoms with Crippen molar-refractivity contribution in [3.05, 3.63) is 51.8 Å². The molecule has 1 N–H and O–H groups in total. The molecule has 0 bridgehead atoms. The predicted molar refractivity (Wildman–Crippen MR) is 94.7 cm³/mol. The molecule has 0 unspecified atom stereocenters. The van der Waals surface area contributed by atoms with Crippen LogP contribution in [0.2, 0.25) is 0 Å². The molecule has 1 aliphatic rings. The number of ether oxygens (including phenoxy) is 1. The van der Waals surface area contributed by atoms with Crippen molar-refractivity contribution in [2.75, 3.05) is 5.32 Å². The summed E-state index contributed by atoms with van der Waals surface area (Å²) in [5, 5.41) is 14.6. The van der Waals surface area contributed by atoms with Gasteiger partial charge in [-0.1, -0.05) is 36.2 Å². The van der Waals surface area contributed by atoms with Crippen molar-refractivity contribution in [1.82, 2.24) is 9.97 Å². The second kappa shape index (κ2) is 7.92. The van der Waals surface area contributed by atoms with Crippen molar-refractivity contribution in [1.29, 1.82) is 0 Å². The number of nitro groups is 1. The molecule has 0 saturated heterocycles. The fraction of sp³-hybridized carbons (Fsp3) is 0.444. The predicted octanol–water partition coefficient (Wildman–Crippen LogP) is 4.02. The third-order valence-electron chi connectivity index (χ3n) is 4.38. The Balaban J connectivity index is 1.77. The number of aryl methyl sites for hydroxylation is 1. The first-order valence-electron chi connectivity index (χ1n) is 8.59. The highest BCUT2D eigenvalue weighted by molar-refractivity contribution is 5.61. The van der Waals surface area contributed by atoms with Crippen molar-refractivity contribution in [2.45, 2.75) is 51.7 Å². The van der Waals surface area contributed by atoms with E-state index in [9.17, 15) is 10.1 Å². The Morgan fingerprint density at radius 2 is 1.92 bits per heavy atom. The van der Waals surface area contributed by atoms with Crippen LogP contribution in [0, 0.1) is 17.0 Å². The number of anilines is 1. The lowest BCUT2D eigenvalue weighted by Crippen LogP contribution is -2.21. The van der Waals surface area contributed by atoms with Gasteiger partial charge in [-0.15, -0.1) is 0 Å². The summed E-state index contributed by atoms with van der Waals surface area (Å²) in [5.41, 5.74) is 1.99. The molecule has 0 aliphatic heterocycles. The molecule has 1 aromatic carbocycles. The highest BCUT2D eigenvalue weighted by Gasteiger charge is 2.27. The number of aromatic nitrogens is 2. The number of rotatable bonds is 6. The molecule has 3 rings (SSSR count). The SMILES string of the molecule is Cc1ccc(CNc2ncnc(OC3CCCCC3)c2[N+](=O)[O-])cc1. The zero-order chi connectivity index (χ0) is 17.6. The average Bonchev–Trinajstić information content (AvgIpc) is 2.62. The second-order valence-electron chi connectivity index (χ2n) is 6.35. The molecule has 1 aliphatic carbocycles. The number of hydrogen-bond donors (Lipinski definition) is 1. The van der Waals surface area contributed by atoms with Gasteiger partial charge in [-0.05, 0) is 38.2 Å². The molecular formula is C18H22N4O3. The molecule has 2 aromatic rings. The zero-order valence-corrected chi connectivity index (χ0v) is 14.3. The van der Waals surface area contributed by atoms with Gasteiger partial charge in [0.2, 0.25) is 5.82 Å². The summed E-state index contributed by atoms with van der Waals surface area (Å²) in [7, 11) is 0. The normalized spacial score (nSPS) is 14.9. The van der Waals surface area contributed by atoms with Gasteiger partial charge in [-0.2, -0.15) is 4.98 Å². The zero-order valence-electron chi connectivity index (χ0n) is 14.3. The van der Waals surface area contributed by atoms with E-state index >= 15 is 0 Å². The van der Waals surface area contributed by atoms with Crippen LogP contribution in [0.25, 0.3) is 0 Å². The number of nitrogens with one attached hydrogen (secondary N) is 1. The molecular weight excluding hydrogens is 320 g/mol. The van der Waals surface area contributed by atoms with E-state index in [1.807, 2.05) is 31.2 Å². The highest BCUT2D eigenvalue weighted by atomic mass is 16.6. The highest BCUT2D eigenvalue weighted by Crippen LogP contribution is 2.33. The summed E-state index contributed by atoms with van der Waals surface area (Å²) in [6, 6.07) is 7.97. The molecule has 0 atom stereocenters. The maximum atomic E-state index is 11.5. The van der Waals surface area contributed by atoms with Gasteiger partial charge in [-0.3, -0.25) is 10.1 Å². The monoisotopic (exact) mass is 342 g/mol. The van der Waals surface area contributed by atoms with Crippen molar-refractivity contribution in [3.8, 4) is 5.88 Å². The lowest BCUT2D eigenvalue weighted by atomic mass is 9.98. The summed E-state index contributed by atoms with van der Waals surface area (Å²) in [6.07, 6.45) is 6.48. The minimum absolute atomic E-state index is 0.00713. The second-order valence-corrected chi connectivity index (χ2v) is 6.35. The molecule has 0 amide bonds. The van der Waals surface area contributed by atoms with Crippen LogP contribution < -0.4 is 10.1 Å². The van der Waals surface area contributed by atoms with Gasteiger partial charge in [0, 0.05) is 6.54 Å². The van der Waals surface area contributed by atoms with Crippen molar-refractivity contribution in [2.24, 2.45) is 0 Å². The van der Waals surface area contributed by atoms with E-state index in [0.717, 1.165) is 31.2 Å². The van der Waals surface area contributed by atoms with Crippen LogP contribution in [-0.2, 0) is 6.54 Å². The van der Waals surface area contributed by atoms with E-state index < -0.39 is 4.92 Å². The summed E-state index contributed by atoms with van der Waals surface area (Å²) >= 11 is 0. The lowest BCUT2D eigenvalue weighted by molar-refractivity contribution is -0.385. The third kappa shape index (κ3) is 4.43. The fourth-order valence-electron chi connectivity index (χ4n) is 2.98. The molecule has 1 fully saturated rings. The van der Waals surface area contributed by atoms with Gasteiger partial charge in [-0.25, -0.2) is 4.98 Å². The first kappa shape index (κ1) is 17.1. The lowest BCUT2D eigenvalue weighted by Gasteiger charge is -2.22. The molecule has 1 saturated carbocycles. The van der Waals surface area contributed by atoms with Crippen molar-refractivity contribution >= 4 is 11.5 Å². The van der Waals surface area contributed by atoms with E-state index in [-0.39, 0.29) is 23.5 Å². The maximum absolute atomic E-state index is 11.5. The van der Waals surface area contributed by atoms with Gasteiger partial charge in [0.1, 0.15) is 12.4 Å². The maximum Gasteiger partial charge on any atom is 0.372 e. The van der Waals surface area contributed by atoms with E-state index in [0.29, 0.717) is 6.54 Å².